The van der Waals surface area contributed by atoms with Gasteiger partial charge in [0, 0.05) is 19.4 Å². The van der Waals surface area contributed by atoms with Crippen molar-refractivity contribution in [3.63, 3.8) is 0 Å². The van der Waals surface area contributed by atoms with Crippen LogP contribution in [0.15, 0.2) is 12.4 Å². The molecule has 84 valence electrons. The van der Waals surface area contributed by atoms with Gasteiger partial charge in [0.05, 0.1) is 5.69 Å². The second-order valence-electron chi connectivity index (χ2n) is 3.77. The van der Waals surface area contributed by atoms with Gasteiger partial charge in [-0.1, -0.05) is 32.6 Å². The Morgan fingerprint density at radius 2 is 1.80 bits per heavy atom. The molecule has 1 aromatic heterocycles. The lowest BCUT2D eigenvalue weighted by molar-refractivity contribution is 0.628. The summed E-state index contributed by atoms with van der Waals surface area (Å²) in [5.74, 6) is 0.924. The van der Waals surface area contributed by atoms with Gasteiger partial charge >= 0.3 is 0 Å². The van der Waals surface area contributed by atoms with Crippen LogP contribution in [0.4, 0.5) is 5.82 Å². The summed E-state index contributed by atoms with van der Waals surface area (Å²) in [6.07, 6.45) is 11.0. The Kier molecular flexibility index (Phi) is 5.74. The fraction of sp³-hybridized carbons (Fsp3) is 0.667. The van der Waals surface area contributed by atoms with Gasteiger partial charge in [-0.3, -0.25) is 4.98 Å². The summed E-state index contributed by atoms with van der Waals surface area (Å²) in [4.78, 5) is 8.58. The average Bonchev–Trinajstić information content (AvgIpc) is 2.29. The van der Waals surface area contributed by atoms with E-state index in [0.717, 1.165) is 17.9 Å². The Balaban J connectivity index is 2.30. The molecule has 0 fully saturated rings. The molecule has 3 heteroatoms. The Hall–Kier alpha value is -1.12. The molecular formula is C12H21N3. The molecule has 0 atom stereocenters. The molecule has 0 aliphatic heterocycles. The maximum atomic E-state index is 4.34. The topological polar surface area (TPSA) is 37.8 Å². The Morgan fingerprint density at radius 1 is 1.07 bits per heavy atom. The zero-order valence-electron chi connectivity index (χ0n) is 9.79. The standard InChI is InChI=1S/C12H21N3/c1-3-4-5-6-7-8-11-12(13-2)15-10-9-14-11/h9-10H,3-8H2,1-2H3,(H,13,15). The summed E-state index contributed by atoms with van der Waals surface area (Å²) in [7, 11) is 1.89. The summed E-state index contributed by atoms with van der Waals surface area (Å²) in [6, 6.07) is 0. The van der Waals surface area contributed by atoms with Gasteiger partial charge in [-0.15, -0.1) is 0 Å². The SMILES string of the molecule is CCCCCCCc1nccnc1NC. The van der Waals surface area contributed by atoms with E-state index in [1.807, 2.05) is 7.05 Å². The maximum absolute atomic E-state index is 4.34. The second-order valence-corrected chi connectivity index (χ2v) is 3.77. The van der Waals surface area contributed by atoms with E-state index in [4.69, 9.17) is 0 Å². The highest BCUT2D eigenvalue weighted by atomic mass is 15.0. The summed E-state index contributed by atoms with van der Waals surface area (Å²) in [5.41, 5.74) is 1.09. The molecule has 0 unspecified atom stereocenters. The van der Waals surface area contributed by atoms with Crippen LogP contribution in [-0.4, -0.2) is 17.0 Å². The normalized spacial score (nSPS) is 10.3. The molecule has 0 amide bonds. The van der Waals surface area contributed by atoms with Crippen molar-refractivity contribution in [2.45, 2.75) is 45.4 Å². The van der Waals surface area contributed by atoms with E-state index < -0.39 is 0 Å². The minimum atomic E-state index is 0.924. The van der Waals surface area contributed by atoms with Crippen molar-refractivity contribution in [2.75, 3.05) is 12.4 Å². The number of aromatic nitrogens is 2. The van der Waals surface area contributed by atoms with Gasteiger partial charge in [0.15, 0.2) is 0 Å². The van der Waals surface area contributed by atoms with Crippen LogP contribution in [0.1, 0.15) is 44.7 Å². The molecule has 1 N–H and O–H groups in total. The van der Waals surface area contributed by atoms with Gasteiger partial charge in [-0.05, 0) is 12.8 Å². The molecule has 0 aliphatic carbocycles. The first kappa shape index (κ1) is 12.0. The van der Waals surface area contributed by atoms with Gasteiger partial charge in [-0.2, -0.15) is 0 Å². The number of aryl methyl sites for hydroxylation is 1. The van der Waals surface area contributed by atoms with Crippen LogP contribution >= 0.6 is 0 Å². The number of unbranched alkanes of at least 4 members (excludes halogenated alkanes) is 4. The first-order chi connectivity index (χ1) is 7.38. The summed E-state index contributed by atoms with van der Waals surface area (Å²) in [5, 5.41) is 3.07. The molecule has 1 rings (SSSR count). The third-order valence-electron chi connectivity index (χ3n) is 2.53. The summed E-state index contributed by atoms with van der Waals surface area (Å²) in [6.45, 7) is 2.24. The highest BCUT2D eigenvalue weighted by Gasteiger charge is 2.01. The number of anilines is 1. The third kappa shape index (κ3) is 4.28. The van der Waals surface area contributed by atoms with Gasteiger partial charge in [-0.25, -0.2) is 4.98 Å². The molecule has 0 saturated carbocycles. The molecule has 0 aliphatic rings. The van der Waals surface area contributed by atoms with Crippen LogP contribution in [0, 0.1) is 0 Å². The Bertz CT molecular complexity index is 273. The van der Waals surface area contributed by atoms with E-state index in [1.165, 1.54) is 32.1 Å². The van der Waals surface area contributed by atoms with E-state index in [0.29, 0.717) is 0 Å². The molecule has 15 heavy (non-hydrogen) atoms. The minimum absolute atomic E-state index is 0.924. The minimum Gasteiger partial charge on any atom is -0.372 e. The van der Waals surface area contributed by atoms with Gasteiger partial charge in [0.1, 0.15) is 5.82 Å². The van der Waals surface area contributed by atoms with E-state index >= 15 is 0 Å². The quantitative estimate of drug-likeness (QED) is 0.698. The van der Waals surface area contributed by atoms with Crippen LogP contribution in [0.3, 0.4) is 0 Å². The van der Waals surface area contributed by atoms with Crippen molar-refractivity contribution in [2.24, 2.45) is 0 Å². The van der Waals surface area contributed by atoms with Crippen molar-refractivity contribution in [1.82, 2.24) is 9.97 Å². The average molecular weight is 207 g/mol. The van der Waals surface area contributed by atoms with E-state index in [9.17, 15) is 0 Å². The zero-order chi connectivity index (χ0) is 10.9. The molecule has 0 radical (unpaired) electrons. The number of hydrogen-bond donors (Lipinski definition) is 1. The number of hydrogen-bond acceptors (Lipinski definition) is 3. The lowest BCUT2D eigenvalue weighted by Crippen LogP contribution is -2.01. The van der Waals surface area contributed by atoms with Crippen molar-refractivity contribution in [1.29, 1.82) is 0 Å². The van der Waals surface area contributed by atoms with Gasteiger partial charge in [0.25, 0.3) is 0 Å². The second kappa shape index (κ2) is 7.21. The van der Waals surface area contributed by atoms with E-state index in [1.54, 1.807) is 12.4 Å². The van der Waals surface area contributed by atoms with Crippen LogP contribution in [-0.2, 0) is 6.42 Å². The molecule has 3 nitrogen and oxygen atoms in total. The fourth-order valence-electron chi connectivity index (χ4n) is 1.65. The summed E-state index contributed by atoms with van der Waals surface area (Å²) < 4.78 is 0. The number of rotatable bonds is 7. The number of nitrogens with zero attached hydrogens (tertiary/aromatic N) is 2. The molecule has 0 saturated heterocycles. The first-order valence-electron chi connectivity index (χ1n) is 5.86. The molecule has 1 aromatic rings. The summed E-state index contributed by atoms with van der Waals surface area (Å²) >= 11 is 0. The predicted molar refractivity (Wildman–Crippen MR) is 64.0 cm³/mol. The lowest BCUT2D eigenvalue weighted by Gasteiger charge is -2.05. The van der Waals surface area contributed by atoms with Gasteiger partial charge in [0.2, 0.25) is 0 Å². The van der Waals surface area contributed by atoms with Gasteiger partial charge < -0.3 is 5.32 Å². The van der Waals surface area contributed by atoms with Crippen molar-refractivity contribution >= 4 is 5.82 Å². The van der Waals surface area contributed by atoms with Crippen LogP contribution in [0.2, 0.25) is 0 Å². The predicted octanol–water partition coefficient (Wildman–Crippen LogP) is 3.03. The van der Waals surface area contributed by atoms with Crippen LogP contribution < -0.4 is 5.32 Å². The smallest absolute Gasteiger partial charge is 0.147 e. The lowest BCUT2D eigenvalue weighted by atomic mass is 10.1. The van der Waals surface area contributed by atoms with E-state index in [-0.39, 0.29) is 0 Å². The van der Waals surface area contributed by atoms with Crippen molar-refractivity contribution in [3.8, 4) is 0 Å². The molecule has 0 aromatic carbocycles. The highest BCUT2D eigenvalue weighted by molar-refractivity contribution is 5.38. The number of nitrogens with one attached hydrogen (secondary N) is 1. The molecule has 0 spiro atoms. The van der Waals surface area contributed by atoms with Crippen molar-refractivity contribution < 1.29 is 0 Å². The van der Waals surface area contributed by atoms with Crippen LogP contribution in [0.25, 0.3) is 0 Å². The maximum Gasteiger partial charge on any atom is 0.147 e. The van der Waals surface area contributed by atoms with E-state index in [2.05, 4.69) is 22.2 Å². The molecule has 1 heterocycles. The van der Waals surface area contributed by atoms with Crippen molar-refractivity contribution in [3.05, 3.63) is 18.1 Å². The molecular weight excluding hydrogens is 186 g/mol. The first-order valence-corrected chi connectivity index (χ1v) is 5.86. The zero-order valence-corrected chi connectivity index (χ0v) is 9.79. The van der Waals surface area contributed by atoms with Crippen LogP contribution in [0.5, 0.6) is 0 Å². The fourth-order valence-corrected chi connectivity index (χ4v) is 1.65. The molecule has 0 bridgehead atoms. The monoisotopic (exact) mass is 207 g/mol. The largest absolute Gasteiger partial charge is 0.372 e. The highest BCUT2D eigenvalue weighted by Crippen LogP contribution is 2.12. The Morgan fingerprint density at radius 3 is 2.53 bits per heavy atom. The third-order valence-corrected chi connectivity index (χ3v) is 2.53. The Labute approximate surface area is 92.3 Å².